The lowest BCUT2D eigenvalue weighted by atomic mass is 9.32. The van der Waals surface area contributed by atoms with Crippen molar-refractivity contribution in [2.24, 2.45) is 62.1 Å². The van der Waals surface area contributed by atoms with E-state index in [1.54, 1.807) is 6.92 Å². The Hall–Kier alpha value is -1.10. The second-order valence-electron chi connectivity index (χ2n) is 17.7. The number of esters is 1. The summed E-state index contributed by atoms with van der Waals surface area (Å²) in [6, 6.07) is 0. The molecule has 10 unspecified atom stereocenters. The summed E-state index contributed by atoms with van der Waals surface area (Å²) in [5.41, 5.74) is 1.12. The predicted molar refractivity (Wildman–Crippen MR) is 169 cm³/mol. The molecule has 0 spiro atoms. The number of ether oxygens (including phenoxy) is 1. The molecule has 0 heterocycles. The van der Waals surface area contributed by atoms with E-state index in [1.165, 1.54) is 57.8 Å². The summed E-state index contributed by atoms with van der Waals surface area (Å²) in [4.78, 5) is 26.3. The first kappa shape index (κ1) is 30.9. The number of carbonyl (C=O) groups is 2. The average molecular weight is 583 g/mol. The van der Waals surface area contributed by atoms with Gasteiger partial charge in [-0.25, -0.2) is 0 Å². The molecular formula is C37H62N2O3. The lowest BCUT2D eigenvalue weighted by molar-refractivity contribution is -0.250. The third-order valence-electron chi connectivity index (χ3n) is 15.9. The van der Waals surface area contributed by atoms with Gasteiger partial charge in [0.05, 0.1) is 5.41 Å². The number of likely N-dealkylation sites (N-methyl/N-ethyl adjacent to an activating group) is 1. The van der Waals surface area contributed by atoms with E-state index in [1.807, 2.05) is 0 Å². The number of nitrogens with one attached hydrogen (secondary N) is 2. The maximum atomic E-state index is 14.2. The zero-order valence-corrected chi connectivity index (χ0v) is 28.3. The highest BCUT2D eigenvalue weighted by atomic mass is 16.5. The Morgan fingerprint density at radius 1 is 0.738 bits per heavy atom. The Kier molecular flexibility index (Phi) is 7.51. The topological polar surface area (TPSA) is 67.4 Å². The highest BCUT2D eigenvalue weighted by Gasteiger charge is 2.73. The van der Waals surface area contributed by atoms with E-state index < -0.39 is 0 Å². The van der Waals surface area contributed by atoms with Crippen molar-refractivity contribution in [2.45, 2.75) is 139 Å². The average Bonchev–Trinajstić information content (AvgIpc) is 3.53. The van der Waals surface area contributed by atoms with Gasteiger partial charge in [0.1, 0.15) is 6.10 Å². The van der Waals surface area contributed by atoms with Crippen molar-refractivity contribution in [3.63, 3.8) is 0 Å². The summed E-state index contributed by atoms with van der Waals surface area (Å²) in [5.74, 6) is 3.40. The second-order valence-corrected chi connectivity index (χ2v) is 17.7. The lowest BCUT2D eigenvalue weighted by Gasteiger charge is -2.73. The van der Waals surface area contributed by atoms with E-state index >= 15 is 0 Å². The quantitative estimate of drug-likeness (QED) is 0.241. The molecule has 6 saturated carbocycles. The van der Waals surface area contributed by atoms with Gasteiger partial charge in [-0.1, -0.05) is 48.5 Å². The fourth-order valence-electron chi connectivity index (χ4n) is 13.3. The molecule has 6 rings (SSSR count). The van der Waals surface area contributed by atoms with Crippen molar-refractivity contribution in [3.8, 4) is 0 Å². The van der Waals surface area contributed by atoms with Crippen LogP contribution in [0.4, 0.5) is 0 Å². The number of amides is 1. The van der Waals surface area contributed by atoms with Gasteiger partial charge < -0.3 is 15.4 Å². The molecule has 1 amide bonds. The van der Waals surface area contributed by atoms with Crippen molar-refractivity contribution >= 4 is 11.9 Å². The highest BCUT2D eigenvalue weighted by Crippen LogP contribution is 2.79. The minimum Gasteiger partial charge on any atom is -0.462 e. The van der Waals surface area contributed by atoms with Crippen LogP contribution in [0.1, 0.15) is 132 Å². The van der Waals surface area contributed by atoms with Gasteiger partial charge in [0.2, 0.25) is 5.91 Å². The fraction of sp³-hybridized carbons (Fsp3) is 0.946. The summed E-state index contributed by atoms with van der Waals surface area (Å²) >= 11 is 0. The molecule has 5 heteroatoms. The fourth-order valence-corrected chi connectivity index (χ4v) is 13.3. The Morgan fingerprint density at radius 2 is 1.48 bits per heavy atom. The summed E-state index contributed by atoms with van der Waals surface area (Å²) < 4.78 is 5.96. The van der Waals surface area contributed by atoms with Crippen molar-refractivity contribution in [3.05, 3.63) is 0 Å². The molecule has 0 aliphatic heterocycles. The molecule has 0 aromatic rings. The number of carbonyl (C=O) groups excluding carboxylic acids is 2. The van der Waals surface area contributed by atoms with Crippen molar-refractivity contribution in [2.75, 3.05) is 19.6 Å². The van der Waals surface area contributed by atoms with Crippen LogP contribution in [0.15, 0.2) is 0 Å². The maximum Gasteiger partial charge on any atom is 0.302 e. The maximum absolute atomic E-state index is 14.2. The second kappa shape index (κ2) is 10.2. The monoisotopic (exact) mass is 582 g/mol. The van der Waals surface area contributed by atoms with E-state index in [-0.39, 0.29) is 39.1 Å². The molecule has 10 atom stereocenters. The number of hydrogen-bond donors (Lipinski definition) is 2. The first-order valence-electron chi connectivity index (χ1n) is 17.9. The van der Waals surface area contributed by atoms with E-state index in [9.17, 15) is 9.59 Å². The Bertz CT molecular complexity index is 1080. The Morgan fingerprint density at radius 3 is 2.14 bits per heavy atom. The molecule has 238 valence electrons. The van der Waals surface area contributed by atoms with Crippen LogP contribution in [0.2, 0.25) is 0 Å². The summed E-state index contributed by atoms with van der Waals surface area (Å²) in [7, 11) is 0. The minimum absolute atomic E-state index is 0.00130. The number of fused-ring (bicyclic) bond motifs is 7. The van der Waals surface area contributed by atoms with Gasteiger partial charge in [0, 0.05) is 25.4 Å². The summed E-state index contributed by atoms with van der Waals surface area (Å²) in [6.45, 7) is 21.6. The van der Waals surface area contributed by atoms with Gasteiger partial charge in [-0.2, -0.15) is 0 Å². The van der Waals surface area contributed by atoms with Crippen LogP contribution in [-0.4, -0.2) is 37.6 Å². The standard InChI is InChI=1S/C37H62N2O3/c1-9-38-22-23-39-31(41)37-17-12-25(33(5)18-19-33)30(37)26-10-11-28-34(6)15-14-29(42-24(2)40)32(3,4)27(34)13-16-36(28,8)35(26,7)20-21-37/h25-30,38H,9-23H2,1-8H3,(H,39,41). The third-order valence-corrected chi connectivity index (χ3v) is 15.9. The third kappa shape index (κ3) is 4.23. The zero-order valence-electron chi connectivity index (χ0n) is 28.3. The van der Waals surface area contributed by atoms with Crippen molar-refractivity contribution in [1.82, 2.24) is 10.6 Å². The van der Waals surface area contributed by atoms with Crippen LogP contribution >= 0.6 is 0 Å². The number of rotatable bonds is 7. The first-order chi connectivity index (χ1) is 19.7. The summed E-state index contributed by atoms with van der Waals surface area (Å²) in [5, 5.41) is 6.85. The van der Waals surface area contributed by atoms with Crippen LogP contribution < -0.4 is 10.6 Å². The van der Waals surface area contributed by atoms with Crippen molar-refractivity contribution in [1.29, 1.82) is 0 Å². The molecule has 5 nitrogen and oxygen atoms in total. The molecule has 0 radical (unpaired) electrons. The Balaban J connectivity index is 1.32. The highest BCUT2D eigenvalue weighted by molar-refractivity contribution is 5.83. The molecule has 0 aromatic heterocycles. The van der Waals surface area contributed by atoms with Gasteiger partial charge in [-0.05, 0) is 135 Å². The first-order valence-corrected chi connectivity index (χ1v) is 17.9. The zero-order chi connectivity index (χ0) is 30.3. The van der Waals surface area contributed by atoms with Gasteiger partial charge in [0.15, 0.2) is 0 Å². The minimum atomic E-state index is -0.166. The Labute approximate surface area is 256 Å². The number of hydrogen-bond acceptors (Lipinski definition) is 4. The lowest BCUT2D eigenvalue weighted by Crippen LogP contribution is -2.67. The van der Waals surface area contributed by atoms with Crippen LogP contribution in [0.5, 0.6) is 0 Å². The van der Waals surface area contributed by atoms with Gasteiger partial charge in [0.25, 0.3) is 0 Å². The molecule has 6 aliphatic carbocycles. The predicted octanol–water partition coefficient (Wildman–Crippen LogP) is 7.53. The molecule has 0 saturated heterocycles. The van der Waals surface area contributed by atoms with Gasteiger partial charge in [-0.15, -0.1) is 0 Å². The van der Waals surface area contributed by atoms with Crippen molar-refractivity contribution < 1.29 is 14.3 Å². The van der Waals surface area contributed by atoms with Crippen LogP contribution in [0, 0.1) is 62.1 Å². The molecule has 0 aromatic carbocycles. The molecule has 42 heavy (non-hydrogen) atoms. The van der Waals surface area contributed by atoms with Crippen LogP contribution in [0.3, 0.4) is 0 Å². The van der Waals surface area contributed by atoms with E-state index in [4.69, 9.17) is 4.74 Å². The largest absolute Gasteiger partial charge is 0.462 e. The van der Waals surface area contributed by atoms with Gasteiger partial charge in [-0.3, -0.25) is 9.59 Å². The summed E-state index contributed by atoms with van der Waals surface area (Å²) in [6.07, 6.45) is 14.6. The van der Waals surface area contributed by atoms with E-state index in [0.717, 1.165) is 38.9 Å². The van der Waals surface area contributed by atoms with Gasteiger partial charge >= 0.3 is 5.97 Å². The normalized spacial score (nSPS) is 48.2. The smallest absolute Gasteiger partial charge is 0.302 e. The molecule has 6 fully saturated rings. The molecule has 2 N–H and O–H groups in total. The van der Waals surface area contributed by atoms with E-state index in [0.29, 0.717) is 40.9 Å². The van der Waals surface area contributed by atoms with Crippen LogP contribution in [0.25, 0.3) is 0 Å². The molecule has 6 aliphatic rings. The van der Waals surface area contributed by atoms with E-state index in [2.05, 4.69) is 59.1 Å². The molecule has 0 bridgehead atoms. The van der Waals surface area contributed by atoms with Crippen LogP contribution in [-0.2, 0) is 14.3 Å². The molecular weight excluding hydrogens is 520 g/mol. The SMILES string of the molecule is CCNCCNC(=O)C12CCC(C3(C)CC3)C1C1CCC3C4(C)CCC(OC(C)=O)C(C)(C)C4CCC3(C)C1(C)CC2.